The first-order valence-electron chi connectivity index (χ1n) is 8.25. The van der Waals surface area contributed by atoms with Crippen LogP contribution in [0, 0.1) is 11.6 Å². The summed E-state index contributed by atoms with van der Waals surface area (Å²) in [4.78, 5) is 21.6. The van der Waals surface area contributed by atoms with Gasteiger partial charge in [-0.25, -0.2) is 9.37 Å². The maximum atomic E-state index is 14.1. The Bertz CT molecular complexity index is 770. The second kappa shape index (κ2) is 7.55. The van der Waals surface area contributed by atoms with Crippen LogP contribution < -0.4 is 4.74 Å². The summed E-state index contributed by atoms with van der Waals surface area (Å²) in [6.07, 6.45) is 1.96. The molecule has 1 saturated heterocycles. The van der Waals surface area contributed by atoms with Crippen LogP contribution in [0.2, 0.25) is 0 Å². The number of likely N-dealkylation sites (tertiary alicyclic amines) is 1. The van der Waals surface area contributed by atoms with Gasteiger partial charge in [-0.1, -0.05) is 25.1 Å². The van der Waals surface area contributed by atoms with Gasteiger partial charge >= 0.3 is 0 Å². The number of aryl methyl sites for hydroxylation is 1. The first-order chi connectivity index (χ1) is 12.1. The van der Waals surface area contributed by atoms with E-state index in [1.54, 1.807) is 30.0 Å². The number of nitrogens with zero attached hydrogens (tertiary/aromatic N) is 3. The van der Waals surface area contributed by atoms with Gasteiger partial charge in [-0.15, -0.1) is 0 Å². The standard InChI is InChI=1S/C18H19F2N3O2/c1-2-15-17(20)18(22-11-21-15)25-13-7-8-23(10-13)16(24)9-12-5-3-4-6-14(12)19/h3-6,11,13H,2,7-10H2,1H3/t13-/m0/s1. The van der Waals surface area contributed by atoms with Crippen molar-refractivity contribution in [3.05, 3.63) is 53.5 Å². The van der Waals surface area contributed by atoms with E-state index in [2.05, 4.69) is 9.97 Å². The van der Waals surface area contributed by atoms with E-state index in [9.17, 15) is 13.6 Å². The van der Waals surface area contributed by atoms with Crippen LogP contribution in [-0.2, 0) is 17.6 Å². The highest BCUT2D eigenvalue weighted by atomic mass is 19.1. The molecule has 0 spiro atoms. The number of ether oxygens (including phenoxy) is 1. The Hall–Kier alpha value is -2.57. The zero-order chi connectivity index (χ0) is 17.8. The van der Waals surface area contributed by atoms with Crippen molar-refractivity contribution in [3.8, 4) is 5.88 Å². The lowest BCUT2D eigenvalue weighted by atomic mass is 10.1. The Morgan fingerprint density at radius 3 is 2.88 bits per heavy atom. The third-order valence-electron chi connectivity index (χ3n) is 4.24. The minimum Gasteiger partial charge on any atom is -0.470 e. The number of aromatic nitrogens is 2. The zero-order valence-electron chi connectivity index (χ0n) is 13.9. The number of carbonyl (C=O) groups excluding carboxylic acids is 1. The van der Waals surface area contributed by atoms with Gasteiger partial charge in [-0.3, -0.25) is 4.79 Å². The van der Waals surface area contributed by atoms with Gasteiger partial charge in [-0.2, -0.15) is 9.37 Å². The summed E-state index contributed by atoms with van der Waals surface area (Å²) in [5, 5.41) is 0. The maximum absolute atomic E-state index is 14.1. The van der Waals surface area contributed by atoms with Crippen LogP contribution in [0.25, 0.3) is 0 Å². The molecular weight excluding hydrogens is 328 g/mol. The molecule has 1 aromatic heterocycles. The summed E-state index contributed by atoms with van der Waals surface area (Å²) in [6.45, 7) is 2.62. The van der Waals surface area contributed by atoms with E-state index >= 15 is 0 Å². The summed E-state index contributed by atoms with van der Waals surface area (Å²) >= 11 is 0. The van der Waals surface area contributed by atoms with E-state index in [1.165, 1.54) is 12.4 Å². The van der Waals surface area contributed by atoms with Crippen molar-refractivity contribution in [2.75, 3.05) is 13.1 Å². The van der Waals surface area contributed by atoms with Crippen molar-refractivity contribution in [1.82, 2.24) is 14.9 Å². The molecule has 1 aromatic carbocycles. The third-order valence-corrected chi connectivity index (χ3v) is 4.24. The summed E-state index contributed by atoms with van der Waals surface area (Å²) in [5.41, 5.74) is 0.668. The summed E-state index contributed by atoms with van der Waals surface area (Å²) in [5.74, 6) is -1.20. The highest BCUT2D eigenvalue weighted by Gasteiger charge is 2.29. The van der Waals surface area contributed by atoms with E-state index < -0.39 is 11.6 Å². The van der Waals surface area contributed by atoms with Crippen LogP contribution in [0.1, 0.15) is 24.6 Å². The zero-order valence-corrected chi connectivity index (χ0v) is 13.9. The van der Waals surface area contributed by atoms with Crippen LogP contribution in [0.5, 0.6) is 5.88 Å². The average molecular weight is 347 g/mol. The van der Waals surface area contributed by atoms with Gasteiger partial charge in [0.2, 0.25) is 11.7 Å². The van der Waals surface area contributed by atoms with Crippen LogP contribution in [0.15, 0.2) is 30.6 Å². The third kappa shape index (κ3) is 3.92. The lowest BCUT2D eigenvalue weighted by molar-refractivity contribution is -0.129. The number of benzene rings is 1. The van der Waals surface area contributed by atoms with Crippen molar-refractivity contribution in [3.63, 3.8) is 0 Å². The highest BCUT2D eigenvalue weighted by Crippen LogP contribution is 2.21. The second-order valence-electron chi connectivity index (χ2n) is 5.93. The summed E-state index contributed by atoms with van der Waals surface area (Å²) in [7, 11) is 0. The van der Waals surface area contributed by atoms with Crippen LogP contribution in [0.3, 0.4) is 0 Å². The monoisotopic (exact) mass is 347 g/mol. The second-order valence-corrected chi connectivity index (χ2v) is 5.93. The number of rotatable bonds is 5. The number of hydrogen-bond acceptors (Lipinski definition) is 4. The van der Waals surface area contributed by atoms with Gasteiger partial charge in [0, 0.05) is 13.0 Å². The smallest absolute Gasteiger partial charge is 0.254 e. The SMILES string of the molecule is CCc1ncnc(O[C@H]2CCN(C(=O)Cc3ccccc3F)C2)c1F. The van der Waals surface area contributed by atoms with Gasteiger partial charge in [0.15, 0.2) is 0 Å². The van der Waals surface area contributed by atoms with E-state index in [-0.39, 0.29) is 24.3 Å². The molecule has 25 heavy (non-hydrogen) atoms. The largest absolute Gasteiger partial charge is 0.470 e. The molecule has 0 radical (unpaired) electrons. The average Bonchev–Trinajstić information content (AvgIpc) is 3.07. The minimum atomic E-state index is -0.555. The number of hydrogen-bond donors (Lipinski definition) is 0. The maximum Gasteiger partial charge on any atom is 0.254 e. The van der Waals surface area contributed by atoms with E-state index in [4.69, 9.17) is 4.74 Å². The van der Waals surface area contributed by atoms with Gasteiger partial charge < -0.3 is 9.64 Å². The Balaban J connectivity index is 1.60. The van der Waals surface area contributed by atoms with E-state index in [0.717, 1.165) is 0 Å². The Morgan fingerprint density at radius 2 is 2.12 bits per heavy atom. The predicted octanol–water partition coefficient (Wildman–Crippen LogP) is 2.54. The minimum absolute atomic E-state index is 0.00123. The predicted molar refractivity (Wildman–Crippen MR) is 87.1 cm³/mol. The first kappa shape index (κ1) is 17.3. The summed E-state index contributed by atoms with van der Waals surface area (Å²) < 4.78 is 33.4. The van der Waals surface area contributed by atoms with Crippen molar-refractivity contribution >= 4 is 5.91 Å². The normalized spacial score (nSPS) is 16.9. The Morgan fingerprint density at radius 1 is 1.32 bits per heavy atom. The molecule has 2 heterocycles. The molecule has 0 aliphatic carbocycles. The first-order valence-corrected chi connectivity index (χ1v) is 8.25. The van der Waals surface area contributed by atoms with Gasteiger partial charge in [0.25, 0.3) is 5.88 Å². The Labute approximate surface area is 144 Å². The number of halogens is 2. The van der Waals surface area contributed by atoms with Crippen molar-refractivity contribution < 1.29 is 18.3 Å². The molecule has 5 nitrogen and oxygen atoms in total. The molecule has 0 bridgehead atoms. The lowest BCUT2D eigenvalue weighted by Gasteiger charge is -2.17. The molecule has 1 aliphatic heterocycles. The van der Waals surface area contributed by atoms with E-state index in [0.29, 0.717) is 37.2 Å². The highest BCUT2D eigenvalue weighted by molar-refractivity contribution is 5.79. The molecule has 3 rings (SSSR count). The topological polar surface area (TPSA) is 55.3 Å². The molecule has 1 aliphatic rings. The number of amides is 1. The lowest BCUT2D eigenvalue weighted by Crippen LogP contribution is -2.32. The number of carbonyl (C=O) groups is 1. The fraction of sp³-hybridized carbons (Fsp3) is 0.389. The fourth-order valence-electron chi connectivity index (χ4n) is 2.84. The molecule has 132 valence electrons. The van der Waals surface area contributed by atoms with Crippen molar-refractivity contribution in [2.24, 2.45) is 0 Å². The quantitative estimate of drug-likeness (QED) is 0.834. The Kier molecular flexibility index (Phi) is 5.21. The van der Waals surface area contributed by atoms with E-state index in [1.807, 2.05) is 0 Å². The molecular formula is C18H19F2N3O2. The van der Waals surface area contributed by atoms with Crippen molar-refractivity contribution in [1.29, 1.82) is 0 Å². The van der Waals surface area contributed by atoms with Gasteiger partial charge in [0.1, 0.15) is 18.2 Å². The fourth-order valence-corrected chi connectivity index (χ4v) is 2.84. The van der Waals surface area contributed by atoms with Crippen molar-refractivity contribution in [2.45, 2.75) is 32.3 Å². The van der Waals surface area contributed by atoms with Crippen LogP contribution >= 0.6 is 0 Å². The molecule has 0 saturated carbocycles. The molecule has 0 N–H and O–H groups in total. The van der Waals surface area contributed by atoms with Crippen LogP contribution in [0.4, 0.5) is 8.78 Å². The molecule has 7 heteroatoms. The summed E-state index contributed by atoms with van der Waals surface area (Å²) in [6, 6.07) is 6.22. The molecule has 0 unspecified atom stereocenters. The molecule has 1 atom stereocenters. The molecule has 1 amide bonds. The van der Waals surface area contributed by atoms with Gasteiger partial charge in [0.05, 0.1) is 18.7 Å². The van der Waals surface area contributed by atoms with Crippen LogP contribution in [-0.4, -0.2) is 40.0 Å². The van der Waals surface area contributed by atoms with Gasteiger partial charge in [-0.05, 0) is 18.1 Å². The molecule has 2 aromatic rings. The molecule has 1 fully saturated rings.